The first-order valence-electron chi connectivity index (χ1n) is 10.2. The molecule has 2 heterocycles. The zero-order valence-electron chi connectivity index (χ0n) is 17.9. The molecule has 1 fully saturated rings. The van der Waals surface area contributed by atoms with Crippen molar-refractivity contribution >= 4 is 17.7 Å². The molecule has 3 rings (SSSR count). The van der Waals surface area contributed by atoms with Gasteiger partial charge in [0.2, 0.25) is 0 Å². The van der Waals surface area contributed by atoms with E-state index in [2.05, 4.69) is 17.5 Å². The summed E-state index contributed by atoms with van der Waals surface area (Å²) in [6, 6.07) is 7.46. The van der Waals surface area contributed by atoms with Crippen molar-refractivity contribution in [2.75, 3.05) is 39.8 Å². The minimum Gasteiger partial charge on any atom is -0.462 e. The maximum atomic E-state index is 13.1. The monoisotopic (exact) mass is 413 g/mol. The van der Waals surface area contributed by atoms with Gasteiger partial charge in [-0.15, -0.1) is 0 Å². The van der Waals surface area contributed by atoms with Crippen molar-refractivity contribution in [1.29, 1.82) is 0 Å². The van der Waals surface area contributed by atoms with Gasteiger partial charge in [0, 0.05) is 11.3 Å². The molecule has 1 aromatic carbocycles. The number of nitrogens with zero attached hydrogens (tertiary/aromatic N) is 1. The number of ether oxygens (including phenoxy) is 1. The number of benzene rings is 1. The van der Waals surface area contributed by atoms with Crippen LogP contribution in [0.5, 0.6) is 0 Å². The number of carbonyl (C=O) groups is 3. The fourth-order valence-corrected chi connectivity index (χ4v) is 3.57. The van der Waals surface area contributed by atoms with Gasteiger partial charge in [-0.2, -0.15) is 0 Å². The van der Waals surface area contributed by atoms with E-state index in [1.54, 1.807) is 18.9 Å². The Balaban J connectivity index is 1.96. The average molecular weight is 413 g/mol. The second kappa shape index (κ2) is 9.23. The van der Waals surface area contributed by atoms with Crippen molar-refractivity contribution in [1.82, 2.24) is 15.4 Å². The first-order chi connectivity index (χ1) is 14.3. The number of carbonyl (C=O) groups excluding carboxylic acids is 3. The first kappa shape index (κ1) is 21.7. The molecule has 2 aromatic rings. The van der Waals surface area contributed by atoms with E-state index >= 15 is 0 Å². The third-order valence-corrected chi connectivity index (χ3v) is 5.32. The Morgan fingerprint density at radius 2 is 1.77 bits per heavy atom. The molecule has 0 bridgehead atoms. The maximum absolute atomic E-state index is 13.1. The van der Waals surface area contributed by atoms with Gasteiger partial charge < -0.3 is 14.6 Å². The quantitative estimate of drug-likeness (QED) is 0.365. The van der Waals surface area contributed by atoms with Crippen LogP contribution in [0, 0.1) is 13.8 Å². The lowest BCUT2D eigenvalue weighted by molar-refractivity contribution is -0.884. The van der Waals surface area contributed by atoms with Gasteiger partial charge in [0.05, 0.1) is 45.4 Å². The molecule has 0 aliphatic carbocycles. The van der Waals surface area contributed by atoms with Crippen LogP contribution in [-0.2, 0) is 9.53 Å². The maximum Gasteiger partial charge on any atom is 0.340 e. The van der Waals surface area contributed by atoms with Crippen LogP contribution < -0.4 is 10.3 Å². The number of ketones is 1. The molecule has 1 aromatic heterocycles. The van der Waals surface area contributed by atoms with Gasteiger partial charge in [-0.05, 0) is 26.3 Å². The summed E-state index contributed by atoms with van der Waals surface area (Å²) in [5.41, 5.74) is 5.68. The lowest BCUT2D eigenvalue weighted by Gasteiger charge is -2.29. The molecule has 8 nitrogen and oxygen atoms in total. The van der Waals surface area contributed by atoms with Gasteiger partial charge in [-0.25, -0.2) is 9.80 Å². The van der Waals surface area contributed by atoms with E-state index in [-0.39, 0.29) is 17.9 Å². The highest BCUT2D eigenvalue weighted by Crippen LogP contribution is 2.31. The number of quaternary nitrogens is 1. The van der Waals surface area contributed by atoms with Crippen molar-refractivity contribution < 1.29 is 24.0 Å². The number of Topliss-reactive ketones (excluding diaryl/α,β-unsaturated/α-hetero) is 1. The molecule has 0 atom stereocenters. The lowest BCUT2D eigenvalue weighted by atomic mass is 9.97. The van der Waals surface area contributed by atoms with E-state index in [0.717, 1.165) is 18.7 Å². The summed E-state index contributed by atoms with van der Waals surface area (Å²) in [6.45, 7) is 8.71. The zero-order valence-corrected chi connectivity index (χ0v) is 17.9. The summed E-state index contributed by atoms with van der Waals surface area (Å²) in [6.07, 6.45) is 0. The van der Waals surface area contributed by atoms with Gasteiger partial charge in [0.25, 0.3) is 5.78 Å². The highest BCUT2D eigenvalue weighted by atomic mass is 16.5. The number of H-pyrrole nitrogens is 1. The normalized spacial score (nSPS) is 15.1. The number of hydrogen-bond acceptors (Lipinski definition) is 5. The number of hydrogen-bond donors (Lipinski definition) is 3. The SMILES string of the molecule is CCOC(=O)c1c(C)[nH]c(C(=O)C(=O)NN2CC[NH+](C)CC2)c1-c1ccc(C)cc1. The smallest absolute Gasteiger partial charge is 0.340 e. The molecular weight excluding hydrogens is 384 g/mol. The molecule has 1 aliphatic heterocycles. The molecule has 0 unspecified atom stereocenters. The van der Waals surface area contributed by atoms with Crippen LogP contribution in [0.1, 0.15) is 39.0 Å². The Morgan fingerprint density at radius 3 is 2.37 bits per heavy atom. The predicted molar refractivity (Wildman–Crippen MR) is 112 cm³/mol. The number of amides is 1. The van der Waals surface area contributed by atoms with Crippen LogP contribution in [0.15, 0.2) is 24.3 Å². The second-order valence-electron chi connectivity index (χ2n) is 7.68. The molecule has 0 spiro atoms. The number of nitrogens with one attached hydrogen (secondary N) is 3. The van der Waals surface area contributed by atoms with Crippen LogP contribution in [-0.4, -0.2) is 67.5 Å². The molecule has 30 heavy (non-hydrogen) atoms. The Morgan fingerprint density at radius 1 is 1.13 bits per heavy atom. The van der Waals surface area contributed by atoms with Gasteiger partial charge in [0.1, 0.15) is 5.69 Å². The van der Waals surface area contributed by atoms with E-state index in [1.807, 2.05) is 31.2 Å². The number of piperazine rings is 1. The van der Waals surface area contributed by atoms with E-state index in [1.165, 1.54) is 4.90 Å². The van der Waals surface area contributed by atoms with Crippen LogP contribution >= 0.6 is 0 Å². The van der Waals surface area contributed by atoms with E-state index < -0.39 is 17.7 Å². The first-order valence-corrected chi connectivity index (χ1v) is 10.2. The number of rotatable bonds is 6. The van der Waals surface area contributed by atoms with Crippen LogP contribution in [0.3, 0.4) is 0 Å². The van der Waals surface area contributed by atoms with Crippen molar-refractivity contribution in [2.45, 2.75) is 20.8 Å². The molecule has 160 valence electrons. The number of esters is 1. The fraction of sp³-hybridized carbons (Fsp3) is 0.409. The van der Waals surface area contributed by atoms with Crippen molar-refractivity contribution in [3.05, 3.63) is 46.8 Å². The molecule has 0 radical (unpaired) electrons. The van der Waals surface area contributed by atoms with Gasteiger partial charge >= 0.3 is 11.9 Å². The number of aromatic amines is 1. The highest BCUT2D eigenvalue weighted by molar-refractivity contribution is 6.43. The number of hydrazine groups is 1. The van der Waals surface area contributed by atoms with E-state index in [9.17, 15) is 14.4 Å². The fourth-order valence-electron chi connectivity index (χ4n) is 3.57. The van der Waals surface area contributed by atoms with Crippen LogP contribution in [0.2, 0.25) is 0 Å². The summed E-state index contributed by atoms with van der Waals surface area (Å²) in [7, 11) is 2.09. The zero-order chi connectivity index (χ0) is 21.8. The largest absolute Gasteiger partial charge is 0.462 e. The van der Waals surface area contributed by atoms with Gasteiger partial charge in [-0.3, -0.25) is 15.0 Å². The third kappa shape index (κ3) is 4.60. The Bertz CT molecular complexity index is 941. The standard InChI is InChI=1S/C22H28N4O4/c1-5-30-22(29)17-15(3)23-19(18(17)16-8-6-14(2)7-9-16)20(27)21(28)24-26-12-10-25(4)11-13-26/h6-9,23H,5,10-13H2,1-4H3,(H,24,28)/p+1. The predicted octanol–water partition coefficient (Wildman–Crippen LogP) is 0.519. The molecule has 1 aliphatic rings. The summed E-state index contributed by atoms with van der Waals surface area (Å²) < 4.78 is 5.20. The number of aryl methyl sites for hydroxylation is 2. The topological polar surface area (TPSA) is 95.9 Å². The molecule has 1 amide bonds. The minimum atomic E-state index is -0.723. The van der Waals surface area contributed by atoms with Gasteiger partial charge in [-0.1, -0.05) is 29.8 Å². The average Bonchev–Trinajstić information content (AvgIpc) is 3.07. The van der Waals surface area contributed by atoms with Crippen molar-refractivity contribution in [3.8, 4) is 11.1 Å². The summed E-state index contributed by atoms with van der Waals surface area (Å²) in [5, 5.41) is 1.76. The number of aromatic nitrogens is 1. The Labute approximate surface area is 176 Å². The van der Waals surface area contributed by atoms with Crippen LogP contribution in [0.25, 0.3) is 11.1 Å². The summed E-state index contributed by atoms with van der Waals surface area (Å²) in [4.78, 5) is 42.7. The summed E-state index contributed by atoms with van der Waals surface area (Å²) in [5.74, 6) is -1.96. The summed E-state index contributed by atoms with van der Waals surface area (Å²) >= 11 is 0. The second-order valence-corrected chi connectivity index (χ2v) is 7.68. The molecule has 1 saturated heterocycles. The lowest BCUT2D eigenvalue weighted by Crippen LogP contribution is -3.12. The minimum absolute atomic E-state index is 0.0941. The van der Waals surface area contributed by atoms with Crippen LogP contribution in [0.4, 0.5) is 0 Å². The van der Waals surface area contributed by atoms with Gasteiger partial charge in [0.15, 0.2) is 0 Å². The van der Waals surface area contributed by atoms with E-state index in [4.69, 9.17) is 4.74 Å². The molecule has 8 heteroatoms. The Kier molecular flexibility index (Phi) is 6.69. The number of likely N-dealkylation sites (N-methyl/N-ethyl adjacent to an activating group) is 1. The third-order valence-electron chi connectivity index (χ3n) is 5.32. The molecular formula is C22H29N4O4+. The highest BCUT2D eigenvalue weighted by Gasteiger charge is 2.31. The van der Waals surface area contributed by atoms with Crippen molar-refractivity contribution in [2.24, 2.45) is 0 Å². The Hall–Kier alpha value is -2.97. The van der Waals surface area contributed by atoms with E-state index in [0.29, 0.717) is 29.9 Å². The van der Waals surface area contributed by atoms with Crippen molar-refractivity contribution in [3.63, 3.8) is 0 Å². The molecule has 0 saturated carbocycles. The molecule has 3 N–H and O–H groups in total.